The van der Waals surface area contributed by atoms with Gasteiger partial charge in [-0.05, 0) is 30.0 Å². The second-order valence-corrected chi connectivity index (χ2v) is 4.55. The van der Waals surface area contributed by atoms with E-state index in [1.807, 2.05) is 6.92 Å². The smallest absolute Gasteiger partial charge is 0.306 e. The zero-order valence-corrected chi connectivity index (χ0v) is 12.5. The van der Waals surface area contributed by atoms with Gasteiger partial charge in [-0.25, -0.2) is 9.67 Å². The van der Waals surface area contributed by atoms with Crippen LogP contribution in [-0.4, -0.2) is 37.6 Å². The van der Waals surface area contributed by atoms with Crippen LogP contribution in [0.5, 0.6) is 0 Å². The van der Waals surface area contributed by atoms with Crippen molar-refractivity contribution >= 4 is 35.4 Å². The first-order valence-corrected chi connectivity index (χ1v) is 7.01. The number of carbonyl (C=O) groups is 2. The Labute approximate surface area is 123 Å². The first kappa shape index (κ1) is 18.4. The molecule has 112 valence electrons. The molecule has 0 aromatic rings. The van der Waals surface area contributed by atoms with Crippen molar-refractivity contribution in [3.63, 3.8) is 0 Å². The molecule has 0 atom stereocenters. The molecule has 0 aromatic heterocycles. The molecule has 0 aliphatic carbocycles. The van der Waals surface area contributed by atoms with Crippen molar-refractivity contribution in [2.75, 3.05) is 19.7 Å². The molecule has 0 rings (SSSR count). The van der Waals surface area contributed by atoms with Crippen LogP contribution in [0, 0.1) is 0 Å². The number of halogens is 2. The van der Waals surface area contributed by atoms with Crippen molar-refractivity contribution in [1.82, 2.24) is 15.0 Å². The molecule has 0 bridgehead atoms. The summed E-state index contributed by atoms with van der Waals surface area (Å²) in [4.78, 5) is 27.7. The molecule has 0 aliphatic heterocycles. The van der Waals surface area contributed by atoms with E-state index in [0.29, 0.717) is 19.7 Å². The standard InChI is InChI=1S/C11H21Cl2N3O3/c1-2-3-6-19-11(18)5-4-10(17)16-9(7-14-12)8-15-13/h9,14-15H,2-8H2,1H3,(H,16,17). The van der Waals surface area contributed by atoms with Gasteiger partial charge >= 0.3 is 5.97 Å². The molecule has 0 unspecified atom stereocenters. The van der Waals surface area contributed by atoms with E-state index in [9.17, 15) is 9.59 Å². The summed E-state index contributed by atoms with van der Waals surface area (Å²) in [6.07, 6.45) is 1.96. The van der Waals surface area contributed by atoms with Gasteiger partial charge in [-0.1, -0.05) is 13.3 Å². The fourth-order valence-corrected chi connectivity index (χ4v) is 1.65. The highest BCUT2D eigenvalue weighted by molar-refractivity contribution is 6.13. The van der Waals surface area contributed by atoms with Crippen LogP contribution in [0.25, 0.3) is 0 Å². The molecule has 0 heterocycles. The Hall–Kier alpha value is -0.560. The van der Waals surface area contributed by atoms with Crippen molar-refractivity contribution in [2.45, 2.75) is 38.6 Å². The summed E-state index contributed by atoms with van der Waals surface area (Å²) in [5.41, 5.74) is 0. The molecular weight excluding hydrogens is 293 g/mol. The van der Waals surface area contributed by atoms with Crippen LogP contribution < -0.4 is 15.0 Å². The lowest BCUT2D eigenvalue weighted by atomic mass is 10.2. The third-order valence-corrected chi connectivity index (χ3v) is 2.64. The number of unbranched alkanes of at least 4 members (excludes halogenated alkanes) is 1. The quantitative estimate of drug-likeness (QED) is 0.302. The van der Waals surface area contributed by atoms with Crippen molar-refractivity contribution in [3.05, 3.63) is 0 Å². The van der Waals surface area contributed by atoms with Gasteiger partial charge in [0.15, 0.2) is 0 Å². The van der Waals surface area contributed by atoms with Crippen molar-refractivity contribution in [2.24, 2.45) is 0 Å². The highest BCUT2D eigenvalue weighted by Gasteiger charge is 2.13. The summed E-state index contributed by atoms with van der Waals surface area (Å²) in [5, 5.41) is 2.70. The minimum absolute atomic E-state index is 0.0743. The predicted molar refractivity (Wildman–Crippen MR) is 74.7 cm³/mol. The fraction of sp³-hybridized carbons (Fsp3) is 0.818. The number of ether oxygens (including phenoxy) is 1. The molecule has 1 amide bonds. The number of esters is 1. The number of hydrogen-bond acceptors (Lipinski definition) is 5. The Morgan fingerprint density at radius 3 is 2.32 bits per heavy atom. The van der Waals surface area contributed by atoms with Crippen molar-refractivity contribution in [1.29, 1.82) is 0 Å². The van der Waals surface area contributed by atoms with Crippen LogP contribution in [0.3, 0.4) is 0 Å². The molecule has 0 radical (unpaired) electrons. The van der Waals surface area contributed by atoms with Gasteiger partial charge in [0.25, 0.3) is 0 Å². The first-order valence-electron chi connectivity index (χ1n) is 6.26. The number of nitrogens with one attached hydrogen (secondary N) is 3. The maximum Gasteiger partial charge on any atom is 0.306 e. The molecule has 3 N–H and O–H groups in total. The Morgan fingerprint density at radius 2 is 1.79 bits per heavy atom. The molecule has 8 heteroatoms. The van der Waals surface area contributed by atoms with Gasteiger partial charge in [0, 0.05) is 19.5 Å². The number of hydrogen-bond donors (Lipinski definition) is 3. The zero-order valence-electron chi connectivity index (χ0n) is 11.0. The van der Waals surface area contributed by atoms with Gasteiger partial charge in [0.1, 0.15) is 0 Å². The zero-order chi connectivity index (χ0) is 14.5. The van der Waals surface area contributed by atoms with E-state index in [0.717, 1.165) is 12.8 Å². The second-order valence-electron chi connectivity index (χ2n) is 4.01. The van der Waals surface area contributed by atoms with Gasteiger partial charge in [-0.15, -0.1) is 0 Å². The van der Waals surface area contributed by atoms with E-state index in [-0.39, 0.29) is 30.8 Å². The van der Waals surface area contributed by atoms with E-state index < -0.39 is 0 Å². The average molecular weight is 314 g/mol. The van der Waals surface area contributed by atoms with Crippen LogP contribution in [0.2, 0.25) is 0 Å². The molecule has 0 aliphatic rings. The summed E-state index contributed by atoms with van der Waals surface area (Å²) in [5.74, 6) is -0.595. The van der Waals surface area contributed by atoms with Gasteiger partial charge < -0.3 is 10.1 Å². The molecule has 0 aromatic carbocycles. The molecule has 0 saturated heterocycles. The molecule has 0 spiro atoms. The summed E-state index contributed by atoms with van der Waals surface area (Å²) >= 11 is 10.7. The van der Waals surface area contributed by atoms with Crippen molar-refractivity contribution in [3.8, 4) is 0 Å². The Balaban J connectivity index is 3.79. The van der Waals surface area contributed by atoms with E-state index >= 15 is 0 Å². The lowest BCUT2D eigenvalue weighted by Gasteiger charge is -2.16. The van der Waals surface area contributed by atoms with E-state index in [1.165, 1.54) is 0 Å². The normalized spacial score (nSPS) is 10.5. The van der Waals surface area contributed by atoms with Gasteiger partial charge in [-0.3, -0.25) is 9.59 Å². The predicted octanol–water partition coefficient (Wildman–Crippen LogP) is 1.08. The van der Waals surface area contributed by atoms with Crippen LogP contribution in [-0.2, 0) is 14.3 Å². The summed E-state index contributed by atoms with van der Waals surface area (Å²) in [7, 11) is 0. The lowest BCUT2D eigenvalue weighted by molar-refractivity contribution is -0.145. The van der Waals surface area contributed by atoms with Crippen LogP contribution >= 0.6 is 23.6 Å². The maximum atomic E-state index is 11.6. The monoisotopic (exact) mass is 313 g/mol. The number of rotatable bonds is 11. The molecule has 19 heavy (non-hydrogen) atoms. The highest BCUT2D eigenvalue weighted by Crippen LogP contribution is 1.96. The third kappa shape index (κ3) is 11.0. The molecule has 0 saturated carbocycles. The Bertz CT molecular complexity index is 262. The third-order valence-electron chi connectivity index (χ3n) is 2.33. The molecule has 0 fully saturated rings. The first-order chi connectivity index (χ1) is 9.13. The van der Waals surface area contributed by atoms with Gasteiger partial charge in [-0.2, -0.15) is 0 Å². The van der Waals surface area contributed by atoms with E-state index in [2.05, 4.69) is 15.0 Å². The number of carbonyl (C=O) groups excluding carboxylic acids is 2. The largest absolute Gasteiger partial charge is 0.466 e. The SMILES string of the molecule is CCCCOC(=O)CCC(=O)NC(CNCl)CNCl. The maximum absolute atomic E-state index is 11.6. The van der Waals surface area contributed by atoms with E-state index in [4.69, 9.17) is 28.3 Å². The minimum Gasteiger partial charge on any atom is -0.466 e. The minimum atomic E-state index is -0.355. The van der Waals surface area contributed by atoms with Gasteiger partial charge in [0.05, 0.1) is 19.1 Å². The molecular formula is C11H21Cl2N3O3. The summed E-state index contributed by atoms with van der Waals surface area (Å²) < 4.78 is 4.95. The number of amides is 1. The Morgan fingerprint density at radius 1 is 1.16 bits per heavy atom. The summed E-state index contributed by atoms with van der Waals surface area (Å²) in [6.45, 7) is 3.16. The fourth-order valence-electron chi connectivity index (χ4n) is 1.28. The van der Waals surface area contributed by atoms with Gasteiger partial charge in [0.2, 0.25) is 5.91 Å². The molecule has 6 nitrogen and oxygen atoms in total. The van der Waals surface area contributed by atoms with Crippen LogP contribution in [0.4, 0.5) is 0 Å². The Kier molecular flexibility index (Phi) is 12.1. The topological polar surface area (TPSA) is 79.5 Å². The second kappa shape index (κ2) is 12.5. The van der Waals surface area contributed by atoms with Crippen molar-refractivity contribution < 1.29 is 14.3 Å². The van der Waals surface area contributed by atoms with E-state index in [1.54, 1.807) is 0 Å². The summed E-state index contributed by atoms with van der Waals surface area (Å²) in [6, 6.07) is -0.237. The average Bonchev–Trinajstić information content (AvgIpc) is 2.37. The van der Waals surface area contributed by atoms with Crippen LogP contribution in [0.15, 0.2) is 0 Å². The lowest BCUT2D eigenvalue weighted by Crippen LogP contribution is -2.45. The highest BCUT2D eigenvalue weighted by atomic mass is 35.5. The van der Waals surface area contributed by atoms with Crippen LogP contribution in [0.1, 0.15) is 32.6 Å².